The summed E-state index contributed by atoms with van der Waals surface area (Å²) in [4.78, 5) is 49.1. The molecular formula is C31H48N2O9. The molecule has 0 saturated carbocycles. The van der Waals surface area contributed by atoms with Gasteiger partial charge < -0.3 is 36.2 Å². The monoisotopic (exact) mass is 592 g/mol. The summed E-state index contributed by atoms with van der Waals surface area (Å²) in [5, 5.41) is 35.5. The van der Waals surface area contributed by atoms with Gasteiger partial charge in [0.15, 0.2) is 5.78 Å². The molecule has 0 heterocycles. The van der Waals surface area contributed by atoms with Crippen LogP contribution in [-0.4, -0.2) is 85.1 Å². The normalized spacial score (nSPS) is 15.3. The van der Waals surface area contributed by atoms with Crippen LogP contribution in [0.5, 0.6) is 5.75 Å². The first-order valence-electron chi connectivity index (χ1n) is 13.7. The number of rotatable bonds is 13. The molecule has 0 aromatic heterocycles. The van der Waals surface area contributed by atoms with Gasteiger partial charge in [0.2, 0.25) is 5.91 Å². The molecular weight excluding hydrogens is 544 g/mol. The van der Waals surface area contributed by atoms with Gasteiger partial charge >= 0.3 is 0 Å². The zero-order chi connectivity index (χ0) is 30.5. The average molecular weight is 593 g/mol. The standard InChI is InChI=1S/C29H35NO8.C2H7N.H2O.2H2/c1-17(33)11-26(35)24(15-32)20(9-10-31)12-18-13-23-22(7-8-25(34)29(23)27(36)14-18)19-3-5-21(6-4-19)30-28(37)16-38-2;1-3-2;;;/h3-8,18,20,24,31-32,34H,9-16H2,1-2H3,(H,30,37);3H,1-2H3;1H2;2*1H. The molecule has 3 atom stereocenters. The highest BCUT2D eigenvalue weighted by molar-refractivity contribution is 6.03. The molecule has 0 fully saturated rings. The topological polar surface area (TPSA) is 194 Å². The van der Waals surface area contributed by atoms with Crippen LogP contribution in [-0.2, 0) is 25.5 Å². The fourth-order valence-electron chi connectivity index (χ4n) is 5.35. The summed E-state index contributed by atoms with van der Waals surface area (Å²) < 4.78 is 4.83. The van der Waals surface area contributed by atoms with E-state index in [0.29, 0.717) is 24.1 Å². The lowest BCUT2D eigenvalue weighted by atomic mass is 9.72. The lowest BCUT2D eigenvalue weighted by Crippen LogP contribution is -2.32. The summed E-state index contributed by atoms with van der Waals surface area (Å²) in [7, 11) is 5.19. The van der Waals surface area contributed by atoms with E-state index in [4.69, 9.17) is 4.74 Å². The highest BCUT2D eigenvalue weighted by Gasteiger charge is 2.35. The van der Waals surface area contributed by atoms with Crippen molar-refractivity contribution < 1.29 is 47.6 Å². The van der Waals surface area contributed by atoms with E-state index in [1.165, 1.54) is 20.1 Å². The number of carbonyl (C=O) groups excluding carboxylic acids is 4. The summed E-state index contributed by atoms with van der Waals surface area (Å²) in [6, 6.07) is 10.4. The number of aliphatic hydroxyl groups excluding tert-OH is 2. The van der Waals surface area contributed by atoms with Crippen LogP contribution in [0.4, 0.5) is 5.69 Å². The minimum absolute atomic E-state index is 0. The summed E-state index contributed by atoms with van der Waals surface area (Å²) >= 11 is 0. The molecule has 2 aromatic carbocycles. The van der Waals surface area contributed by atoms with Gasteiger partial charge in [-0.25, -0.2) is 0 Å². The molecule has 3 rings (SSSR count). The highest BCUT2D eigenvalue weighted by atomic mass is 16.5. The molecule has 3 unspecified atom stereocenters. The number of aliphatic hydroxyl groups is 2. The predicted octanol–water partition coefficient (Wildman–Crippen LogP) is 2.44. The largest absolute Gasteiger partial charge is 0.507 e. The van der Waals surface area contributed by atoms with E-state index in [1.807, 2.05) is 26.2 Å². The van der Waals surface area contributed by atoms with Crippen molar-refractivity contribution in [2.75, 3.05) is 46.3 Å². The van der Waals surface area contributed by atoms with Gasteiger partial charge in [0.25, 0.3) is 0 Å². The Balaban J connectivity index is 0. The molecule has 1 aliphatic rings. The van der Waals surface area contributed by atoms with Crippen LogP contribution in [0, 0.1) is 17.8 Å². The molecule has 236 valence electrons. The quantitative estimate of drug-likeness (QED) is 0.217. The van der Waals surface area contributed by atoms with E-state index in [9.17, 15) is 34.5 Å². The number of anilines is 1. The minimum atomic E-state index is -0.799. The Bertz CT molecular complexity index is 1210. The number of amides is 1. The molecule has 0 aliphatic heterocycles. The van der Waals surface area contributed by atoms with E-state index in [1.54, 1.807) is 18.2 Å². The van der Waals surface area contributed by atoms with E-state index < -0.39 is 18.4 Å². The number of ether oxygens (including phenoxy) is 1. The van der Waals surface area contributed by atoms with Gasteiger partial charge in [0.1, 0.15) is 23.9 Å². The first kappa shape index (κ1) is 36.5. The summed E-state index contributed by atoms with van der Waals surface area (Å²) in [5.41, 5.74) is 3.14. The third kappa shape index (κ3) is 10.1. The van der Waals surface area contributed by atoms with Crippen molar-refractivity contribution in [2.45, 2.75) is 39.0 Å². The Kier molecular flexibility index (Phi) is 15.8. The van der Waals surface area contributed by atoms with Gasteiger partial charge in [0.05, 0.1) is 18.6 Å². The summed E-state index contributed by atoms with van der Waals surface area (Å²) in [5.74, 6) is -2.61. The minimum Gasteiger partial charge on any atom is -0.507 e. The van der Waals surface area contributed by atoms with E-state index in [0.717, 1.165) is 11.1 Å². The number of hydrogen-bond donors (Lipinski definition) is 5. The number of hydrogen-bond acceptors (Lipinski definition) is 9. The Morgan fingerprint density at radius 3 is 2.26 bits per heavy atom. The number of Topliss-reactive ketones (excluding diaryl/α,β-unsaturated/α-hetero) is 3. The van der Waals surface area contributed by atoms with Crippen LogP contribution < -0.4 is 10.6 Å². The van der Waals surface area contributed by atoms with Crippen molar-refractivity contribution in [3.8, 4) is 16.9 Å². The van der Waals surface area contributed by atoms with Crippen molar-refractivity contribution in [2.24, 2.45) is 17.8 Å². The van der Waals surface area contributed by atoms with Gasteiger partial charge in [-0.05, 0) is 87.0 Å². The van der Waals surface area contributed by atoms with Crippen molar-refractivity contribution >= 4 is 28.9 Å². The SMILES string of the molecule is CNC.COCC(=O)Nc1ccc(-c2ccc(O)c3c2CC(CC(CCO)C(CO)C(=O)CC(C)=O)CC3=O)cc1.O.[HH].[HH]. The van der Waals surface area contributed by atoms with E-state index in [-0.39, 0.29) is 81.3 Å². The Morgan fingerprint density at radius 2 is 1.71 bits per heavy atom. The van der Waals surface area contributed by atoms with Gasteiger partial charge in [-0.1, -0.05) is 18.2 Å². The Labute approximate surface area is 249 Å². The molecule has 42 heavy (non-hydrogen) atoms. The van der Waals surface area contributed by atoms with Gasteiger partial charge in [-0.15, -0.1) is 0 Å². The van der Waals surface area contributed by atoms with Gasteiger partial charge in [-0.3, -0.25) is 19.2 Å². The smallest absolute Gasteiger partial charge is 0.250 e. The number of methoxy groups -OCH3 is 1. The Morgan fingerprint density at radius 1 is 1.07 bits per heavy atom. The number of ketones is 3. The van der Waals surface area contributed by atoms with E-state index in [2.05, 4.69) is 10.6 Å². The zero-order valence-electron chi connectivity index (χ0n) is 24.7. The molecule has 0 spiro atoms. The fourth-order valence-corrected chi connectivity index (χ4v) is 5.35. The van der Waals surface area contributed by atoms with Crippen LogP contribution in [0.3, 0.4) is 0 Å². The van der Waals surface area contributed by atoms with Crippen LogP contribution in [0.2, 0.25) is 0 Å². The average Bonchev–Trinajstić information content (AvgIpc) is 2.90. The van der Waals surface area contributed by atoms with Crippen molar-refractivity contribution in [1.82, 2.24) is 5.32 Å². The number of benzene rings is 2. The molecule has 11 nitrogen and oxygen atoms in total. The highest BCUT2D eigenvalue weighted by Crippen LogP contribution is 2.41. The van der Waals surface area contributed by atoms with E-state index >= 15 is 0 Å². The lowest BCUT2D eigenvalue weighted by Gasteiger charge is -2.31. The van der Waals surface area contributed by atoms with Crippen LogP contribution >= 0.6 is 0 Å². The number of nitrogens with one attached hydrogen (secondary N) is 2. The molecule has 2 aromatic rings. The maximum atomic E-state index is 13.2. The second-order valence-electron chi connectivity index (χ2n) is 10.4. The Hall–Kier alpha value is -3.48. The van der Waals surface area contributed by atoms with Crippen molar-refractivity contribution in [1.29, 1.82) is 0 Å². The van der Waals surface area contributed by atoms with Crippen molar-refractivity contribution in [3.63, 3.8) is 0 Å². The second-order valence-corrected chi connectivity index (χ2v) is 10.4. The van der Waals surface area contributed by atoms with Gasteiger partial charge in [0, 0.05) is 34.6 Å². The zero-order valence-corrected chi connectivity index (χ0v) is 24.7. The molecule has 0 saturated heterocycles. The van der Waals surface area contributed by atoms with Gasteiger partial charge in [-0.2, -0.15) is 0 Å². The third-order valence-electron chi connectivity index (χ3n) is 7.03. The first-order chi connectivity index (χ1) is 19.6. The molecule has 1 aliphatic carbocycles. The summed E-state index contributed by atoms with van der Waals surface area (Å²) in [6.07, 6.45) is 1.00. The molecule has 0 bridgehead atoms. The maximum Gasteiger partial charge on any atom is 0.250 e. The van der Waals surface area contributed by atoms with Crippen LogP contribution in [0.25, 0.3) is 11.1 Å². The molecule has 1 amide bonds. The number of aromatic hydroxyl groups is 1. The molecule has 7 N–H and O–H groups in total. The lowest BCUT2D eigenvalue weighted by molar-refractivity contribution is -0.131. The number of carbonyl (C=O) groups is 4. The first-order valence-corrected chi connectivity index (χ1v) is 13.7. The van der Waals surface area contributed by atoms with Crippen LogP contribution in [0.15, 0.2) is 36.4 Å². The third-order valence-corrected chi connectivity index (χ3v) is 7.03. The second kappa shape index (κ2) is 18.1. The molecule has 0 radical (unpaired) electrons. The fraction of sp³-hybridized carbons (Fsp3) is 0.484. The maximum absolute atomic E-state index is 13.2. The summed E-state index contributed by atoms with van der Waals surface area (Å²) in [6.45, 7) is 0.627. The number of fused-ring (bicyclic) bond motifs is 1. The van der Waals surface area contributed by atoms with Crippen molar-refractivity contribution in [3.05, 3.63) is 47.5 Å². The number of phenolic OH excluding ortho intramolecular Hbond substituents is 1. The number of phenols is 1. The molecule has 11 heteroatoms. The van der Waals surface area contributed by atoms with Crippen LogP contribution in [0.1, 0.15) is 51.4 Å². The predicted molar refractivity (Wildman–Crippen MR) is 164 cm³/mol.